The molecule has 0 radical (unpaired) electrons. The summed E-state index contributed by atoms with van der Waals surface area (Å²) in [4.78, 5) is 25.0. The molecule has 0 aliphatic heterocycles. The molecule has 4 saturated carbocycles. The fraction of sp³-hybridized carbons (Fsp3) is 0.737. The van der Waals surface area contributed by atoms with Crippen LogP contribution in [0.25, 0.3) is 0 Å². The molecule has 5 nitrogen and oxygen atoms in total. The number of nitriles is 1. The highest BCUT2D eigenvalue weighted by molar-refractivity contribution is 5.22. The van der Waals surface area contributed by atoms with Crippen LogP contribution in [0.3, 0.4) is 0 Å². The molecule has 1 aromatic heterocycles. The van der Waals surface area contributed by atoms with Crippen LogP contribution in [0.5, 0.6) is 0 Å². The van der Waals surface area contributed by atoms with E-state index in [0.29, 0.717) is 18.5 Å². The van der Waals surface area contributed by atoms with Gasteiger partial charge >= 0.3 is 5.69 Å². The second kappa shape index (κ2) is 5.61. The van der Waals surface area contributed by atoms with Crippen molar-refractivity contribution < 1.29 is 0 Å². The molecule has 1 aromatic rings. The summed E-state index contributed by atoms with van der Waals surface area (Å²) in [7, 11) is 0. The van der Waals surface area contributed by atoms with Crippen LogP contribution in [-0.4, -0.2) is 9.13 Å². The van der Waals surface area contributed by atoms with Gasteiger partial charge in [0.1, 0.15) is 11.6 Å². The second-order valence-corrected chi connectivity index (χ2v) is 8.35. The Kier molecular flexibility index (Phi) is 3.67. The predicted octanol–water partition coefficient (Wildman–Crippen LogP) is 2.51. The second-order valence-electron chi connectivity index (χ2n) is 8.35. The van der Waals surface area contributed by atoms with Crippen molar-refractivity contribution in [2.45, 2.75) is 65.0 Å². The maximum absolute atomic E-state index is 12.5. The molecule has 0 spiro atoms. The molecule has 4 aliphatic carbocycles. The van der Waals surface area contributed by atoms with E-state index in [9.17, 15) is 14.9 Å². The Labute approximate surface area is 141 Å². The molecule has 0 amide bonds. The molecule has 1 heterocycles. The molecular formula is C19H25N3O2. The van der Waals surface area contributed by atoms with Crippen LogP contribution in [0.4, 0.5) is 0 Å². The van der Waals surface area contributed by atoms with E-state index in [-0.39, 0.29) is 11.3 Å². The summed E-state index contributed by atoms with van der Waals surface area (Å²) in [6.07, 6.45) is 10.3. The topological polar surface area (TPSA) is 67.8 Å². The molecule has 0 aromatic carbocycles. The average molecular weight is 327 g/mol. The van der Waals surface area contributed by atoms with Crippen molar-refractivity contribution in [2.75, 3.05) is 0 Å². The Bertz CT molecular complexity index is 776. The molecule has 5 rings (SSSR count). The smallest absolute Gasteiger partial charge is 0.299 e. The van der Waals surface area contributed by atoms with Gasteiger partial charge in [0.2, 0.25) is 0 Å². The van der Waals surface area contributed by atoms with Crippen molar-refractivity contribution in [3.05, 3.63) is 32.6 Å². The maximum Gasteiger partial charge on any atom is 0.331 e. The Morgan fingerprint density at radius 2 is 1.75 bits per heavy atom. The van der Waals surface area contributed by atoms with Crippen molar-refractivity contribution >= 4 is 0 Å². The van der Waals surface area contributed by atoms with Gasteiger partial charge in [0.25, 0.3) is 5.56 Å². The van der Waals surface area contributed by atoms with E-state index in [0.717, 1.165) is 24.2 Å². The summed E-state index contributed by atoms with van der Waals surface area (Å²) < 4.78 is 2.78. The third-order valence-corrected chi connectivity index (χ3v) is 6.73. The third kappa shape index (κ3) is 2.44. The van der Waals surface area contributed by atoms with Gasteiger partial charge in [-0.25, -0.2) is 4.79 Å². The van der Waals surface area contributed by atoms with Crippen LogP contribution in [0.1, 0.15) is 57.4 Å². The molecule has 24 heavy (non-hydrogen) atoms. The fourth-order valence-corrected chi connectivity index (χ4v) is 6.10. The lowest BCUT2D eigenvalue weighted by Crippen LogP contribution is -2.48. The first kappa shape index (κ1) is 15.7. The summed E-state index contributed by atoms with van der Waals surface area (Å²) in [5, 5.41) is 9.17. The van der Waals surface area contributed by atoms with Crippen LogP contribution >= 0.6 is 0 Å². The van der Waals surface area contributed by atoms with Gasteiger partial charge in [0.15, 0.2) is 0 Å². The van der Waals surface area contributed by atoms with Crippen LogP contribution < -0.4 is 11.2 Å². The molecule has 4 bridgehead atoms. The zero-order chi connectivity index (χ0) is 16.9. The van der Waals surface area contributed by atoms with E-state index in [2.05, 4.69) is 0 Å². The highest BCUT2D eigenvalue weighted by Gasteiger charge is 2.50. The van der Waals surface area contributed by atoms with Crippen molar-refractivity contribution in [3.8, 4) is 6.07 Å². The van der Waals surface area contributed by atoms with E-state index < -0.39 is 5.56 Å². The minimum absolute atomic E-state index is 0.0713. The number of nitrogens with zero attached hydrogens (tertiary/aromatic N) is 3. The van der Waals surface area contributed by atoms with Crippen LogP contribution in [0.15, 0.2) is 15.8 Å². The average Bonchev–Trinajstić information content (AvgIpc) is 2.53. The van der Waals surface area contributed by atoms with Crippen LogP contribution in [-0.2, 0) is 13.1 Å². The normalized spacial score (nSPS) is 33.6. The van der Waals surface area contributed by atoms with Gasteiger partial charge in [-0.2, -0.15) is 5.26 Å². The Balaban J connectivity index is 1.62. The van der Waals surface area contributed by atoms with E-state index in [4.69, 9.17) is 0 Å². The first-order chi connectivity index (χ1) is 11.5. The molecule has 5 heteroatoms. The van der Waals surface area contributed by atoms with E-state index in [1.807, 2.05) is 13.0 Å². The van der Waals surface area contributed by atoms with Gasteiger partial charge in [-0.05, 0) is 75.0 Å². The largest absolute Gasteiger partial charge is 0.331 e. The first-order valence-electron chi connectivity index (χ1n) is 9.28. The molecule has 0 N–H and O–H groups in total. The zero-order valence-corrected chi connectivity index (χ0v) is 14.3. The van der Waals surface area contributed by atoms with Crippen molar-refractivity contribution in [1.82, 2.24) is 9.13 Å². The summed E-state index contributed by atoms with van der Waals surface area (Å²) >= 11 is 0. The van der Waals surface area contributed by atoms with Crippen molar-refractivity contribution in [3.63, 3.8) is 0 Å². The Hall–Kier alpha value is -1.83. The molecule has 4 aliphatic rings. The SMILES string of the molecule is CCn1cc(C#N)c(=O)n(CCC23CC4CC(CC(C4)C2)C3)c1=O. The molecule has 4 fully saturated rings. The predicted molar refractivity (Wildman–Crippen MR) is 90.6 cm³/mol. The molecule has 0 unspecified atom stereocenters. The summed E-state index contributed by atoms with van der Waals surface area (Å²) in [6, 6.07) is 1.94. The number of rotatable bonds is 4. The van der Waals surface area contributed by atoms with Gasteiger partial charge in [0.05, 0.1) is 0 Å². The van der Waals surface area contributed by atoms with E-state index in [1.54, 1.807) is 0 Å². The lowest BCUT2D eigenvalue weighted by Gasteiger charge is -2.57. The van der Waals surface area contributed by atoms with Crippen LogP contribution in [0.2, 0.25) is 0 Å². The number of hydrogen-bond donors (Lipinski definition) is 0. The van der Waals surface area contributed by atoms with Gasteiger partial charge in [-0.1, -0.05) is 0 Å². The molecule has 0 saturated heterocycles. The van der Waals surface area contributed by atoms with Gasteiger partial charge < -0.3 is 0 Å². The minimum Gasteiger partial charge on any atom is -0.299 e. The Morgan fingerprint density at radius 1 is 1.17 bits per heavy atom. The standard InChI is InChI=1S/C19H25N3O2/c1-2-21-12-16(11-20)17(23)22(18(21)24)4-3-19-8-13-5-14(9-19)7-15(6-13)10-19/h12-15H,2-10H2,1H3. The number of hydrogen-bond acceptors (Lipinski definition) is 3. The Morgan fingerprint density at radius 3 is 2.25 bits per heavy atom. The lowest BCUT2D eigenvalue weighted by atomic mass is 9.49. The quantitative estimate of drug-likeness (QED) is 0.853. The fourth-order valence-electron chi connectivity index (χ4n) is 6.10. The minimum atomic E-state index is -0.420. The van der Waals surface area contributed by atoms with Crippen LogP contribution in [0, 0.1) is 34.5 Å². The van der Waals surface area contributed by atoms with Gasteiger partial charge in [-0.15, -0.1) is 0 Å². The third-order valence-electron chi connectivity index (χ3n) is 6.73. The monoisotopic (exact) mass is 327 g/mol. The highest BCUT2D eigenvalue weighted by atomic mass is 16.2. The zero-order valence-electron chi connectivity index (χ0n) is 14.3. The maximum atomic E-state index is 12.5. The van der Waals surface area contributed by atoms with E-state index >= 15 is 0 Å². The molecule has 0 atom stereocenters. The van der Waals surface area contributed by atoms with Gasteiger partial charge in [0, 0.05) is 19.3 Å². The van der Waals surface area contributed by atoms with E-state index in [1.165, 1.54) is 53.9 Å². The first-order valence-corrected chi connectivity index (χ1v) is 9.28. The summed E-state index contributed by atoms with van der Waals surface area (Å²) in [5.41, 5.74) is -0.287. The summed E-state index contributed by atoms with van der Waals surface area (Å²) in [6.45, 7) is 2.79. The van der Waals surface area contributed by atoms with Crippen molar-refractivity contribution in [1.29, 1.82) is 5.26 Å². The number of aromatic nitrogens is 2. The highest BCUT2D eigenvalue weighted by Crippen LogP contribution is 2.61. The number of aryl methyl sites for hydroxylation is 1. The summed E-state index contributed by atoms with van der Waals surface area (Å²) in [5.74, 6) is 2.60. The van der Waals surface area contributed by atoms with Crippen molar-refractivity contribution in [2.24, 2.45) is 23.2 Å². The molecule has 128 valence electrons. The lowest BCUT2D eigenvalue weighted by molar-refractivity contribution is -0.0594. The van der Waals surface area contributed by atoms with Gasteiger partial charge in [-0.3, -0.25) is 13.9 Å². The molecular weight excluding hydrogens is 302 g/mol.